The van der Waals surface area contributed by atoms with Crippen molar-refractivity contribution >= 4 is 34.5 Å². The Morgan fingerprint density at radius 3 is 3.05 bits per heavy atom. The number of nitrogens with one attached hydrogen (secondary N) is 2. The van der Waals surface area contributed by atoms with Crippen molar-refractivity contribution in [3.8, 4) is 0 Å². The van der Waals surface area contributed by atoms with Crippen LogP contribution in [-0.4, -0.2) is 26.2 Å². The normalized spacial score (nSPS) is 10.6. The summed E-state index contributed by atoms with van der Waals surface area (Å²) in [7, 11) is 0. The maximum atomic E-state index is 7.37. The topological polar surface area (TPSA) is 79.5 Å². The Labute approximate surface area is 131 Å². The predicted octanol–water partition coefficient (Wildman–Crippen LogP) is 2.99. The van der Waals surface area contributed by atoms with Gasteiger partial charge < -0.3 is 10.7 Å². The molecule has 7 heteroatoms. The Hall–Kier alpha value is -2.73. The van der Waals surface area contributed by atoms with Crippen molar-refractivity contribution in [1.82, 2.24) is 20.0 Å². The molecule has 2 aromatic heterocycles. The highest BCUT2D eigenvalue weighted by atomic mass is 35.5. The molecule has 0 unspecified atom stereocenters. The Morgan fingerprint density at radius 1 is 1.41 bits per heavy atom. The Morgan fingerprint density at radius 2 is 2.27 bits per heavy atom. The maximum absolute atomic E-state index is 7.37. The van der Waals surface area contributed by atoms with Crippen molar-refractivity contribution in [3.05, 3.63) is 59.5 Å². The highest BCUT2D eigenvalue weighted by molar-refractivity contribution is 6.30. The van der Waals surface area contributed by atoms with Crippen LogP contribution in [0, 0.1) is 5.41 Å². The smallest absolute Gasteiger partial charge is 0.159 e. The molecule has 1 aromatic carbocycles. The molecule has 0 bridgehead atoms. The van der Waals surface area contributed by atoms with Crippen LogP contribution in [0.15, 0.2) is 48.3 Å². The molecular weight excluding hydrogens is 300 g/mol. The van der Waals surface area contributed by atoms with Crippen LogP contribution >= 0.6 is 11.6 Å². The van der Waals surface area contributed by atoms with E-state index in [9.17, 15) is 0 Å². The number of benzene rings is 1. The molecule has 0 aliphatic heterocycles. The minimum absolute atomic E-state index is 0.245. The molecule has 0 spiro atoms. The van der Waals surface area contributed by atoms with Crippen LogP contribution in [0.1, 0.15) is 11.3 Å². The van der Waals surface area contributed by atoms with Crippen LogP contribution in [0.4, 0.5) is 5.82 Å². The third-order valence-corrected chi connectivity index (χ3v) is 3.25. The molecule has 110 valence electrons. The van der Waals surface area contributed by atoms with Crippen molar-refractivity contribution in [2.24, 2.45) is 0 Å². The molecule has 0 amide bonds. The monoisotopic (exact) mass is 312 g/mol. The van der Waals surface area contributed by atoms with Gasteiger partial charge in [0.1, 0.15) is 10.9 Å². The Kier molecular flexibility index (Phi) is 3.84. The highest BCUT2D eigenvalue weighted by Gasteiger charge is 2.12. The number of anilines is 1. The van der Waals surface area contributed by atoms with E-state index in [0.29, 0.717) is 18.1 Å². The summed E-state index contributed by atoms with van der Waals surface area (Å²) in [6.45, 7) is 4.09. The number of hydrogen-bond donors (Lipinski definition) is 2. The fraction of sp³-hybridized carbons (Fsp3) is 0.0667. The van der Waals surface area contributed by atoms with Crippen LogP contribution in [0.5, 0.6) is 0 Å². The lowest BCUT2D eigenvalue weighted by Crippen LogP contribution is -2.08. The number of halogens is 1. The second kappa shape index (κ2) is 5.95. The molecule has 0 atom stereocenters. The molecule has 6 nitrogen and oxygen atoms in total. The summed E-state index contributed by atoms with van der Waals surface area (Å²) < 4.78 is 1.64. The zero-order valence-corrected chi connectivity index (χ0v) is 12.4. The van der Waals surface area contributed by atoms with Crippen LogP contribution in [0.25, 0.3) is 10.9 Å². The average molecular weight is 313 g/mol. The lowest BCUT2D eigenvalue weighted by atomic mass is 10.1. The zero-order valence-electron chi connectivity index (χ0n) is 11.6. The van der Waals surface area contributed by atoms with E-state index in [4.69, 9.17) is 17.0 Å². The van der Waals surface area contributed by atoms with Gasteiger partial charge in [0.05, 0.1) is 12.1 Å². The minimum atomic E-state index is 0.245. The first-order valence-electron chi connectivity index (χ1n) is 6.56. The molecule has 0 aliphatic rings. The Bertz CT molecular complexity index is 854. The van der Waals surface area contributed by atoms with E-state index >= 15 is 0 Å². The summed E-state index contributed by atoms with van der Waals surface area (Å²) in [6.07, 6.45) is 2.89. The average Bonchev–Trinajstić information content (AvgIpc) is 2.88. The number of nitrogens with zero attached hydrogens (tertiary/aromatic N) is 4. The van der Waals surface area contributed by atoms with E-state index in [-0.39, 0.29) is 5.16 Å². The van der Waals surface area contributed by atoms with Crippen LogP contribution in [0.3, 0.4) is 0 Å². The van der Waals surface area contributed by atoms with Crippen molar-refractivity contribution in [1.29, 1.82) is 5.41 Å². The van der Waals surface area contributed by atoms with E-state index in [2.05, 4.69) is 27.2 Å². The summed E-state index contributed by atoms with van der Waals surface area (Å²) in [4.78, 5) is 4.30. The quantitative estimate of drug-likeness (QED) is 0.560. The first kappa shape index (κ1) is 14.2. The van der Waals surface area contributed by atoms with Crippen molar-refractivity contribution in [3.63, 3.8) is 0 Å². The van der Waals surface area contributed by atoms with Crippen LogP contribution < -0.4 is 5.32 Å². The van der Waals surface area contributed by atoms with E-state index in [1.807, 2.05) is 30.3 Å². The molecular formula is C15H13ClN6. The van der Waals surface area contributed by atoms with Crippen LogP contribution in [0.2, 0.25) is 0 Å². The van der Waals surface area contributed by atoms with E-state index in [0.717, 1.165) is 22.7 Å². The number of hydrogen-bond acceptors (Lipinski definition) is 5. The van der Waals surface area contributed by atoms with Gasteiger partial charge in [0.15, 0.2) is 5.82 Å². The molecule has 2 heterocycles. The van der Waals surface area contributed by atoms with E-state index in [1.165, 1.54) is 0 Å². The zero-order chi connectivity index (χ0) is 15.5. The van der Waals surface area contributed by atoms with Crippen LogP contribution in [-0.2, 0) is 6.54 Å². The van der Waals surface area contributed by atoms with Gasteiger partial charge >= 0.3 is 0 Å². The minimum Gasteiger partial charge on any atom is -0.330 e. The summed E-state index contributed by atoms with van der Waals surface area (Å²) in [5, 5.41) is 19.5. The standard InChI is InChI=1S/C15H13ClN6/c1-10(16)19-15-14(8-17)20-21-22(15)9-11-4-5-13-12(7-11)3-2-6-18-13/h2-8,17,19H,1,9H2. The van der Waals surface area contributed by atoms with Gasteiger partial charge in [-0.25, -0.2) is 4.68 Å². The second-order valence-corrected chi connectivity index (χ2v) is 5.14. The van der Waals surface area contributed by atoms with Crippen molar-refractivity contribution in [2.45, 2.75) is 6.54 Å². The van der Waals surface area contributed by atoms with Gasteiger partial charge in [-0.2, -0.15) is 0 Å². The molecule has 0 saturated heterocycles. The lowest BCUT2D eigenvalue weighted by molar-refractivity contribution is 0.656. The van der Waals surface area contributed by atoms with Crippen molar-refractivity contribution < 1.29 is 0 Å². The number of rotatable bonds is 5. The van der Waals surface area contributed by atoms with Gasteiger partial charge in [-0.05, 0) is 23.8 Å². The van der Waals surface area contributed by atoms with Gasteiger partial charge in [-0.15, -0.1) is 5.10 Å². The number of pyridine rings is 1. The third kappa shape index (κ3) is 2.82. The third-order valence-electron chi connectivity index (χ3n) is 3.15. The number of fused-ring (bicyclic) bond motifs is 1. The lowest BCUT2D eigenvalue weighted by Gasteiger charge is -2.09. The maximum Gasteiger partial charge on any atom is 0.159 e. The highest BCUT2D eigenvalue weighted by Crippen LogP contribution is 2.18. The summed E-state index contributed by atoms with van der Waals surface area (Å²) in [5.74, 6) is 0.543. The molecule has 22 heavy (non-hydrogen) atoms. The van der Waals surface area contributed by atoms with Gasteiger partial charge in [0, 0.05) is 17.8 Å². The first-order valence-corrected chi connectivity index (χ1v) is 6.94. The summed E-state index contributed by atoms with van der Waals surface area (Å²) >= 11 is 5.79. The van der Waals surface area contributed by atoms with Crippen molar-refractivity contribution in [2.75, 3.05) is 5.32 Å². The molecule has 0 aliphatic carbocycles. The molecule has 0 fully saturated rings. The number of aromatic nitrogens is 4. The van der Waals surface area contributed by atoms with Gasteiger partial charge in [-0.3, -0.25) is 4.98 Å². The predicted molar refractivity (Wildman–Crippen MR) is 87.4 cm³/mol. The van der Waals surface area contributed by atoms with E-state index in [1.54, 1.807) is 10.9 Å². The summed E-state index contributed by atoms with van der Waals surface area (Å²) in [6, 6.07) is 9.91. The van der Waals surface area contributed by atoms with Gasteiger partial charge in [0.2, 0.25) is 0 Å². The Balaban J connectivity index is 1.95. The molecule has 0 radical (unpaired) electrons. The molecule has 2 N–H and O–H groups in total. The molecule has 0 saturated carbocycles. The van der Waals surface area contributed by atoms with Gasteiger partial charge in [-0.1, -0.05) is 35.5 Å². The van der Waals surface area contributed by atoms with Gasteiger partial charge in [0.25, 0.3) is 0 Å². The second-order valence-electron chi connectivity index (χ2n) is 4.69. The summed E-state index contributed by atoms with van der Waals surface area (Å²) in [5.41, 5.74) is 2.40. The van der Waals surface area contributed by atoms with E-state index < -0.39 is 0 Å². The fourth-order valence-electron chi connectivity index (χ4n) is 2.19. The largest absolute Gasteiger partial charge is 0.330 e. The fourth-order valence-corrected chi connectivity index (χ4v) is 2.28. The SMILES string of the molecule is C=C(Cl)Nc1c(C=N)nnn1Cc1ccc2ncccc2c1. The molecule has 3 rings (SSSR count). The first-order chi connectivity index (χ1) is 10.7. The molecule has 3 aromatic rings.